The number of nitrogens with one attached hydrogen (secondary N) is 3. The second-order valence-electron chi connectivity index (χ2n) is 9.15. The second-order valence-corrected chi connectivity index (χ2v) is 9.15. The van der Waals surface area contributed by atoms with Gasteiger partial charge in [-0.3, -0.25) is 24.0 Å². The number of amides is 3. The lowest BCUT2D eigenvalue weighted by atomic mass is 10.0. The fourth-order valence-corrected chi connectivity index (χ4v) is 3.60. The molecule has 1 aromatic carbocycles. The number of carbonyl (C=O) groups excluding carboxylic acids is 3. The molecule has 15 nitrogen and oxygen atoms in total. The summed E-state index contributed by atoms with van der Waals surface area (Å²) in [7, 11) is 0. The number of carboxylic acids is 3. The van der Waals surface area contributed by atoms with Crippen LogP contribution in [0.15, 0.2) is 24.3 Å². The zero-order valence-electron chi connectivity index (χ0n) is 21.9. The third kappa shape index (κ3) is 13.0. The summed E-state index contributed by atoms with van der Waals surface area (Å²) in [6, 6.07) is 0.232. The SMILES string of the molecule is NCCCCC(N)C(=O)NC(CCC(=O)O)C(=O)NC(Cc1ccc(O)cc1)C(=O)NC(CCC(=O)O)C(=O)O. The number of hydrogen-bond donors (Lipinski definition) is 9. The van der Waals surface area contributed by atoms with Crippen LogP contribution in [0.3, 0.4) is 0 Å². The molecule has 0 saturated carbocycles. The molecule has 11 N–H and O–H groups in total. The van der Waals surface area contributed by atoms with Gasteiger partial charge in [0.15, 0.2) is 0 Å². The third-order valence-electron chi connectivity index (χ3n) is 5.86. The van der Waals surface area contributed by atoms with Crippen molar-refractivity contribution >= 4 is 35.6 Å². The Morgan fingerprint density at radius 1 is 0.700 bits per heavy atom. The largest absolute Gasteiger partial charge is 0.508 e. The predicted molar refractivity (Wildman–Crippen MR) is 140 cm³/mol. The molecule has 15 heteroatoms. The van der Waals surface area contributed by atoms with Crippen molar-refractivity contribution in [1.29, 1.82) is 0 Å². The smallest absolute Gasteiger partial charge is 0.326 e. The number of carbonyl (C=O) groups is 6. The van der Waals surface area contributed by atoms with E-state index >= 15 is 0 Å². The molecule has 1 aromatic rings. The number of carboxylic acid groups (broad SMARTS) is 3. The first-order valence-corrected chi connectivity index (χ1v) is 12.6. The van der Waals surface area contributed by atoms with Crippen LogP contribution in [0.4, 0.5) is 0 Å². The predicted octanol–water partition coefficient (Wildman–Crippen LogP) is -1.34. The average Bonchev–Trinajstić information content (AvgIpc) is 2.88. The molecule has 0 aliphatic carbocycles. The molecule has 0 aromatic heterocycles. The first-order chi connectivity index (χ1) is 18.8. The van der Waals surface area contributed by atoms with E-state index in [9.17, 15) is 39.0 Å². The fourth-order valence-electron chi connectivity index (χ4n) is 3.60. The highest BCUT2D eigenvalue weighted by molar-refractivity contribution is 5.94. The number of rotatable bonds is 19. The van der Waals surface area contributed by atoms with Crippen molar-refractivity contribution in [3.05, 3.63) is 29.8 Å². The van der Waals surface area contributed by atoms with E-state index < -0.39 is 79.1 Å². The lowest BCUT2D eigenvalue weighted by Gasteiger charge is -2.25. The van der Waals surface area contributed by atoms with Crippen molar-refractivity contribution in [3.63, 3.8) is 0 Å². The molecule has 4 atom stereocenters. The summed E-state index contributed by atoms with van der Waals surface area (Å²) in [6.45, 7) is 0.404. The lowest BCUT2D eigenvalue weighted by Crippen LogP contribution is -2.57. The van der Waals surface area contributed by atoms with Crippen molar-refractivity contribution in [2.24, 2.45) is 11.5 Å². The maximum absolute atomic E-state index is 13.2. The Labute approximate surface area is 230 Å². The first kappa shape index (κ1) is 33.8. The number of phenolic OH excluding ortho intramolecular Hbond substituents is 1. The zero-order chi connectivity index (χ0) is 30.2. The summed E-state index contributed by atoms with van der Waals surface area (Å²) >= 11 is 0. The van der Waals surface area contributed by atoms with Crippen LogP contribution in [0.5, 0.6) is 5.75 Å². The average molecular weight is 568 g/mol. The molecule has 1 rings (SSSR count). The standard InChI is InChI=1S/C25H37N5O10/c26-12-2-1-3-16(27)22(36)28-17(8-10-20(32)33)23(37)30-19(13-14-4-6-15(31)7-5-14)24(38)29-18(25(39)40)9-11-21(34)35/h4-7,16-19,31H,1-3,8-13,26-27H2,(H,28,36)(H,29,38)(H,30,37)(H,32,33)(H,34,35)(H,39,40). The lowest BCUT2D eigenvalue weighted by molar-refractivity contribution is -0.143. The highest BCUT2D eigenvalue weighted by Gasteiger charge is 2.31. The molecule has 0 saturated heterocycles. The minimum Gasteiger partial charge on any atom is -0.508 e. The van der Waals surface area contributed by atoms with Crippen molar-refractivity contribution in [2.75, 3.05) is 6.54 Å². The van der Waals surface area contributed by atoms with Gasteiger partial charge in [-0.05, 0) is 49.9 Å². The van der Waals surface area contributed by atoms with E-state index in [0.29, 0.717) is 24.9 Å². The summed E-state index contributed by atoms with van der Waals surface area (Å²) in [6.07, 6.45) is -0.508. The van der Waals surface area contributed by atoms with Gasteiger partial charge < -0.3 is 47.8 Å². The Morgan fingerprint density at radius 2 is 1.20 bits per heavy atom. The number of aliphatic carboxylic acids is 3. The number of nitrogens with two attached hydrogens (primary N) is 2. The molecule has 0 bridgehead atoms. The Morgan fingerprint density at radius 3 is 1.73 bits per heavy atom. The van der Waals surface area contributed by atoms with E-state index in [4.69, 9.17) is 21.7 Å². The van der Waals surface area contributed by atoms with E-state index in [1.54, 1.807) is 0 Å². The Bertz CT molecular complexity index is 1030. The summed E-state index contributed by atoms with van der Waals surface area (Å²) in [5, 5.41) is 44.0. The third-order valence-corrected chi connectivity index (χ3v) is 5.86. The van der Waals surface area contributed by atoms with Gasteiger partial charge in [-0.15, -0.1) is 0 Å². The maximum atomic E-state index is 13.2. The van der Waals surface area contributed by atoms with Crippen LogP contribution in [0, 0.1) is 0 Å². The van der Waals surface area contributed by atoms with E-state index in [2.05, 4.69) is 16.0 Å². The highest BCUT2D eigenvalue weighted by Crippen LogP contribution is 2.12. The van der Waals surface area contributed by atoms with E-state index in [-0.39, 0.29) is 25.0 Å². The van der Waals surface area contributed by atoms with Gasteiger partial charge in [0.1, 0.15) is 23.9 Å². The number of phenols is 1. The van der Waals surface area contributed by atoms with Crippen LogP contribution in [-0.2, 0) is 35.2 Å². The van der Waals surface area contributed by atoms with Crippen LogP contribution in [0.25, 0.3) is 0 Å². The fraction of sp³-hybridized carbons (Fsp3) is 0.520. The Balaban J connectivity index is 3.15. The number of hydrogen-bond acceptors (Lipinski definition) is 9. The summed E-state index contributed by atoms with van der Waals surface area (Å²) in [5.41, 5.74) is 11.8. The topological polar surface area (TPSA) is 271 Å². The summed E-state index contributed by atoms with van der Waals surface area (Å²) < 4.78 is 0. The van der Waals surface area contributed by atoms with E-state index in [0.717, 1.165) is 0 Å². The molecule has 4 unspecified atom stereocenters. The number of benzene rings is 1. The van der Waals surface area contributed by atoms with Gasteiger partial charge in [0.2, 0.25) is 17.7 Å². The monoisotopic (exact) mass is 567 g/mol. The van der Waals surface area contributed by atoms with E-state index in [1.807, 2.05) is 0 Å². The van der Waals surface area contributed by atoms with E-state index in [1.165, 1.54) is 24.3 Å². The minimum absolute atomic E-state index is 0.0624. The molecule has 0 spiro atoms. The van der Waals surface area contributed by atoms with Crippen LogP contribution >= 0.6 is 0 Å². The molecular formula is C25H37N5O10. The van der Waals surface area contributed by atoms with Crippen molar-refractivity contribution in [2.45, 2.75) is 75.5 Å². The molecule has 40 heavy (non-hydrogen) atoms. The van der Waals surface area contributed by atoms with Crippen LogP contribution < -0.4 is 27.4 Å². The first-order valence-electron chi connectivity index (χ1n) is 12.6. The van der Waals surface area contributed by atoms with Gasteiger partial charge in [-0.2, -0.15) is 0 Å². The van der Waals surface area contributed by atoms with Gasteiger partial charge in [0, 0.05) is 19.3 Å². The highest BCUT2D eigenvalue weighted by atomic mass is 16.4. The molecule has 3 amide bonds. The van der Waals surface area contributed by atoms with Crippen molar-refractivity contribution in [3.8, 4) is 5.75 Å². The van der Waals surface area contributed by atoms with Crippen molar-refractivity contribution < 1.29 is 49.2 Å². The second kappa shape index (κ2) is 17.4. The van der Waals surface area contributed by atoms with Gasteiger partial charge >= 0.3 is 17.9 Å². The van der Waals surface area contributed by atoms with Crippen LogP contribution in [0.2, 0.25) is 0 Å². The van der Waals surface area contributed by atoms with Gasteiger partial charge in [-0.25, -0.2) is 4.79 Å². The maximum Gasteiger partial charge on any atom is 0.326 e. The van der Waals surface area contributed by atoms with Crippen LogP contribution in [0.1, 0.15) is 50.5 Å². The zero-order valence-corrected chi connectivity index (χ0v) is 21.9. The molecule has 0 aliphatic heterocycles. The van der Waals surface area contributed by atoms with Gasteiger partial charge in [0.05, 0.1) is 6.04 Å². The Kier molecular flexibility index (Phi) is 14.7. The molecule has 222 valence electrons. The van der Waals surface area contributed by atoms with Gasteiger partial charge in [-0.1, -0.05) is 18.6 Å². The Hall–Kier alpha value is -4.24. The molecule has 0 radical (unpaired) electrons. The molecule has 0 fully saturated rings. The molecular weight excluding hydrogens is 530 g/mol. The quantitative estimate of drug-likeness (QED) is 0.0879. The molecule has 0 aliphatic rings. The summed E-state index contributed by atoms with van der Waals surface area (Å²) in [5.74, 6) is -6.64. The van der Waals surface area contributed by atoms with Crippen molar-refractivity contribution in [1.82, 2.24) is 16.0 Å². The summed E-state index contributed by atoms with van der Waals surface area (Å²) in [4.78, 5) is 72.4. The minimum atomic E-state index is -1.57. The normalized spacial score (nSPS) is 13.8. The van der Waals surface area contributed by atoms with Crippen LogP contribution in [-0.4, -0.2) is 86.8 Å². The number of aromatic hydroxyl groups is 1. The van der Waals surface area contributed by atoms with Gasteiger partial charge in [0.25, 0.3) is 0 Å². The molecule has 0 heterocycles. The number of unbranched alkanes of at least 4 members (excludes halogenated alkanes) is 1.